The molecule has 0 aliphatic carbocycles. The summed E-state index contributed by atoms with van der Waals surface area (Å²) in [5.74, 6) is -1.03. The number of nitrogens with one attached hydrogen (secondary N) is 1. The van der Waals surface area contributed by atoms with Crippen molar-refractivity contribution in [1.29, 1.82) is 0 Å². The van der Waals surface area contributed by atoms with Crippen molar-refractivity contribution in [2.75, 3.05) is 19.6 Å². The van der Waals surface area contributed by atoms with Crippen LogP contribution in [0.4, 0.5) is 0 Å². The van der Waals surface area contributed by atoms with Gasteiger partial charge in [-0.2, -0.15) is 0 Å². The van der Waals surface area contributed by atoms with Gasteiger partial charge in [-0.15, -0.1) is 0 Å². The molecule has 7 nitrogen and oxygen atoms in total. The number of carboxylic acids is 1. The Labute approximate surface area is 324 Å². The lowest BCUT2D eigenvalue weighted by atomic mass is 9.97. The molecule has 0 radical (unpaired) electrons. The first-order valence-electron chi connectivity index (χ1n) is 18.7. The highest BCUT2D eigenvalue weighted by atomic mass is 35.5. The van der Waals surface area contributed by atoms with Crippen LogP contribution in [0.5, 0.6) is 0 Å². The summed E-state index contributed by atoms with van der Waals surface area (Å²) in [6.45, 7) is 6.94. The van der Waals surface area contributed by atoms with Gasteiger partial charge in [0.15, 0.2) is 0 Å². The molecule has 1 heterocycles. The molecule has 6 rings (SSSR count). The van der Waals surface area contributed by atoms with E-state index in [1.54, 1.807) is 12.1 Å². The Morgan fingerprint density at radius 3 is 2.00 bits per heavy atom. The number of halogens is 1. The minimum atomic E-state index is -3.67. The average molecular weight is 762 g/mol. The molecule has 0 atom stereocenters. The fraction of sp³-hybridized carbons (Fsp3) is 0.267. The van der Waals surface area contributed by atoms with Crippen LogP contribution < -0.4 is 4.72 Å². The molecule has 9 heteroatoms. The summed E-state index contributed by atoms with van der Waals surface area (Å²) in [6.07, 6.45) is 2.75. The third-order valence-electron chi connectivity index (χ3n) is 10.2. The molecular formula is C45H48ClN3O4S. The highest BCUT2D eigenvalue weighted by Gasteiger charge is 2.26. The van der Waals surface area contributed by atoms with Gasteiger partial charge in [0.1, 0.15) is 0 Å². The summed E-state index contributed by atoms with van der Waals surface area (Å²) >= 11 is 6.69. The Bertz CT molecular complexity index is 2230. The Balaban J connectivity index is 1.37. The molecule has 6 aromatic rings. The maximum Gasteiger partial charge on any atom is 0.335 e. The summed E-state index contributed by atoms with van der Waals surface area (Å²) in [5, 5.41) is 11.0. The number of aromatic carboxylic acids is 1. The second kappa shape index (κ2) is 18.1. The number of sulfonamides is 1. The van der Waals surface area contributed by atoms with Crippen LogP contribution in [-0.4, -0.2) is 48.6 Å². The zero-order chi connectivity index (χ0) is 38.1. The molecule has 2 N–H and O–H groups in total. The number of nitrogens with zero attached hydrogens (tertiary/aromatic N) is 2. The average Bonchev–Trinajstić information content (AvgIpc) is 3.46. The summed E-state index contributed by atoms with van der Waals surface area (Å²) in [5.41, 5.74) is 8.61. The zero-order valence-corrected chi connectivity index (χ0v) is 32.5. The molecule has 0 aliphatic rings. The van der Waals surface area contributed by atoms with Gasteiger partial charge in [0, 0.05) is 41.1 Å². The molecule has 0 unspecified atom stereocenters. The third-order valence-corrected chi connectivity index (χ3v) is 11.8. The van der Waals surface area contributed by atoms with Crippen LogP contribution >= 0.6 is 11.6 Å². The Hall–Kier alpha value is -4.73. The van der Waals surface area contributed by atoms with Crippen molar-refractivity contribution in [2.24, 2.45) is 0 Å². The van der Waals surface area contributed by atoms with E-state index in [9.17, 15) is 18.3 Å². The van der Waals surface area contributed by atoms with E-state index in [2.05, 4.69) is 82.6 Å². The smallest absolute Gasteiger partial charge is 0.335 e. The lowest BCUT2D eigenvalue weighted by Gasteiger charge is -2.25. The van der Waals surface area contributed by atoms with Gasteiger partial charge >= 0.3 is 5.97 Å². The highest BCUT2D eigenvalue weighted by Crippen LogP contribution is 2.38. The van der Waals surface area contributed by atoms with Gasteiger partial charge in [-0.25, -0.2) is 17.9 Å². The standard InChI is InChI=1S/C45H48ClN3O4S/c1-3-48(4-2)31-37-19-11-12-20-38(37)32-54(52,53)47-29-28-43-40(21-13-14-33-22-24-36(25-23-33)45(50)51)41-30-39(46)26-27-42(41)49(43)44(34-15-7-5-8-16-34)35-17-9-6-10-18-35/h5-12,15-20,22-27,30,44,47H,3-4,13-14,21,28-29,31-32H2,1-2H3,(H,50,51). The number of hydrogen-bond donors (Lipinski definition) is 2. The molecular weight excluding hydrogens is 714 g/mol. The lowest BCUT2D eigenvalue weighted by Crippen LogP contribution is -2.29. The Morgan fingerprint density at radius 1 is 0.778 bits per heavy atom. The van der Waals surface area contributed by atoms with Gasteiger partial charge in [0.2, 0.25) is 10.0 Å². The van der Waals surface area contributed by atoms with E-state index in [0.29, 0.717) is 18.0 Å². The molecule has 0 saturated carbocycles. The van der Waals surface area contributed by atoms with Crippen LogP contribution in [0.15, 0.2) is 127 Å². The van der Waals surface area contributed by atoms with E-state index in [1.807, 2.05) is 60.7 Å². The lowest BCUT2D eigenvalue weighted by molar-refractivity contribution is 0.0697. The quantitative estimate of drug-likeness (QED) is 0.0912. The van der Waals surface area contributed by atoms with Crippen molar-refractivity contribution in [3.63, 3.8) is 0 Å². The highest BCUT2D eigenvalue weighted by molar-refractivity contribution is 7.88. The van der Waals surface area contributed by atoms with Crippen molar-refractivity contribution < 1.29 is 18.3 Å². The number of rotatable bonds is 18. The molecule has 1 aromatic heterocycles. The second-order valence-electron chi connectivity index (χ2n) is 13.7. The van der Waals surface area contributed by atoms with E-state index < -0.39 is 16.0 Å². The molecule has 0 bridgehead atoms. The van der Waals surface area contributed by atoms with Crippen molar-refractivity contribution in [2.45, 2.75) is 57.9 Å². The molecule has 0 spiro atoms. The summed E-state index contributed by atoms with van der Waals surface area (Å²) in [6, 6.07) is 41.5. The molecule has 280 valence electrons. The first-order valence-corrected chi connectivity index (χ1v) is 20.7. The Kier molecular flexibility index (Phi) is 13.0. The summed E-state index contributed by atoms with van der Waals surface area (Å²) < 4.78 is 32.8. The molecule has 0 aliphatic heterocycles. The monoisotopic (exact) mass is 761 g/mol. The summed E-state index contributed by atoms with van der Waals surface area (Å²) in [4.78, 5) is 13.7. The van der Waals surface area contributed by atoms with E-state index >= 15 is 0 Å². The van der Waals surface area contributed by atoms with Gasteiger partial charge in [-0.05, 0) is 96.1 Å². The van der Waals surface area contributed by atoms with Crippen LogP contribution in [0.3, 0.4) is 0 Å². The number of fused-ring (bicyclic) bond motifs is 1. The molecule has 0 fully saturated rings. The van der Waals surface area contributed by atoms with E-state index in [1.165, 1.54) is 0 Å². The van der Waals surface area contributed by atoms with Crippen molar-refractivity contribution in [3.05, 3.63) is 177 Å². The number of benzene rings is 5. The van der Waals surface area contributed by atoms with Crippen molar-refractivity contribution in [3.8, 4) is 0 Å². The SMILES string of the molecule is CCN(CC)Cc1ccccc1CS(=O)(=O)NCCc1c(CCCc2ccc(C(=O)O)cc2)c2cc(Cl)ccc2n1C(c1ccccc1)c1ccccc1. The molecule has 5 aromatic carbocycles. The van der Waals surface area contributed by atoms with Gasteiger partial charge in [0.05, 0.1) is 17.4 Å². The van der Waals surface area contributed by atoms with Gasteiger partial charge in [-0.3, -0.25) is 4.90 Å². The predicted octanol–water partition coefficient (Wildman–Crippen LogP) is 9.31. The van der Waals surface area contributed by atoms with Crippen LogP contribution in [0.25, 0.3) is 10.9 Å². The number of aromatic nitrogens is 1. The first kappa shape index (κ1) is 39.0. The molecule has 0 saturated heterocycles. The van der Waals surface area contributed by atoms with Crippen LogP contribution in [0, 0.1) is 0 Å². The van der Waals surface area contributed by atoms with Gasteiger partial charge in [0.25, 0.3) is 0 Å². The first-order chi connectivity index (χ1) is 26.2. The minimum Gasteiger partial charge on any atom is -0.478 e. The van der Waals surface area contributed by atoms with E-state index in [4.69, 9.17) is 11.6 Å². The number of hydrogen-bond acceptors (Lipinski definition) is 4. The number of carbonyl (C=O) groups is 1. The second-order valence-corrected chi connectivity index (χ2v) is 15.9. The van der Waals surface area contributed by atoms with Gasteiger partial charge in [-0.1, -0.05) is 123 Å². The van der Waals surface area contributed by atoms with Crippen LogP contribution in [0.1, 0.15) is 75.7 Å². The number of aryl methyl sites for hydroxylation is 2. The van der Waals surface area contributed by atoms with Crippen LogP contribution in [0.2, 0.25) is 5.02 Å². The maximum atomic E-state index is 13.7. The third kappa shape index (κ3) is 9.49. The van der Waals surface area contributed by atoms with E-state index in [0.717, 1.165) is 82.3 Å². The predicted molar refractivity (Wildman–Crippen MR) is 220 cm³/mol. The van der Waals surface area contributed by atoms with Crippen molar-refractivity contribution in [1.82, 2.24) is 14.2 Å². The minimum absolute atomic E-state index is 0.0901. The number of carboxylic acid groups (broad SMARTS) is 1. The largest absolute Gasteiger partial charge is 0.478 e. The van der Waals surface area contributed by atoms with Crippen molar-refractivity contribution >= 4 is 38.5 Å². The molecule has 0 amide bonds. The van der Waals surface area contributed by atoms with Crippen LogP contribution in [-0.2, 0) is 41.6 Å². The van der Waals surface area contributed by atoms with Gasteiger partial charge < -0.3 is 9.67 Å². The normalized spacial score (nSPS) is 11.9. The van der Waals surface area contributed by atoms with E-state index in [-0.39, 0.29) is 23.9 Å². The Morgan fingerprint density at radius 2 is 1.39 bits per heavy atom. The molecule has 54 heavy (non-hydrogen) atoms. The summed E-state index contributed by atoms with van der Waals surface area (Å²) in [7, 11) is -3.67. The fourth-order valence-corrected chi connectivity index (χ4v) is 8.80. The zero-order valence-electron chi connectivity index (χ0n) is 30.9. The maximum absolute atomic E-state index is 13.7. The fourth-order valence-electron chi connectivity index (χ4n) is 7.42. The topological polar surface area (TPSA) is 91.6 Å².